The van der Waals surface area contributed by atoms with Crippen molar-refractivity contribution in [3.8, 4) is 11.4 Å². The Balaban J connectivity index is 1.25. The predicted molar refractivity (Wildman–Crippen MR) is 165 cm³/mol. The van der Waals surface area contributed by atoms with Crippen LogP contribution in [0.2, 0.25) is 5.15 Å². The average Bonchev–Trinajstić information content (AvgIpc) is 3.31. The number of hydrogen-bond acceptors (Lipinski definition) is 8. The summed E-state index contributed by atoms with van der Waals surface area (Å²) in [5.74, 6) is 3.64. The van der Waals surface area contributed by atoms with Gasteiger partial charge in [-0.05, 0) is 47.9 Å². The Morgan fingerprint density at radius 3 is 2.63 bits per heavy atom. The van der Waals surface area contributed by atoms with Gasteiger partial charge in [0.1, 0.15) is 23.2 Å². The van der Waals surface area contributed by atoms with Gasteiger partial charge in [0.25, 0.3) is 0 Å². The lowest BCUT2D eigenvalue weighted by atomic mass is 9.93. The van der Waals surface area contributed by atoms with Crippen LogP contribution in [0.3, 0.4) is 0 Å². The van der Waals surface area contributed by atoms with Gasteiger partial charge in [0.15, 0.2) is 11.0 Å². The van der Waals surface area contributed by atoms with Crippen LogP contribution in [-0.4, -0.2) is 60.2 Å². The van der Waals surface area contributed by atoms with E-state index in [1.165, 1.54) is 11.3 Å². The summed E-state index contributed by atoms with van der Waals surface area (Å²) in [5.41, 5.74) is 3.08. The maximum absolute atomic E-state index is 11.7. The Labute approximate surface area is 247 Å². The molecular formula is C30H34ClN7O2S. The molecule has 6 rings (SSSR count). The molecule has 1 aliphatic carbocycles. The predicted octanol–water partition coefficient (Wildman–Crippen LogP) is 5.91. The third-order valence-electron chi connectivity index (χ3n) is 8.03. The molecule has 214 valence electrons. The first-order valence-electron chi connectivity index (χ1n) is 14.1. The molecule has 4 heterocycles. The highest BCUT2D eigenvalue weighted by Crippen LogP contribution is 2.37. The maximum Gasteiger partial charge on any atom is 0.166 e. The molecule has 2 fully saturated rings. The first-order chi connectivity index (χ1) is 19.7. The number of halogens is 1. The Hall–Kier alpha value is -3.21. The molecule has 0 amide bonds. The van der Waals surface area contributed by atoms with Crippen LogP contribution in [-0.2, 0) is 16.0 Å². The lowest BCUT2D eigenvalue weighted by Crippen LogP contribution is -2.49. The number of aromatic nitrogens is 5. The van der Waals surface area contributed by atoms with Crippen molar-refractivity contribution in [2.75, 3.05) is 35.3 Å². The molecule has 1 N–H and O–H groups in total. The fraction of sp³-hybridized carbons (Fsp3) is 0.433. The fourth-order valence-corrected chi connectivity index (χ4v) is 6.98. The number of carbonyl (C=O) groups is 1. The summed E-state index contributed by atoms with van der Waals surface area (Å²) in [4.78, 5) is 27.9. The van der Waals surface area contributed by atoms with Crippen LogP contribution < -0.4 is 10.2 Å². The van der Waals surface area contributed by atoms with Crippen molar-refractivity contribution >= 4 is 56.7 Å². The van der Waals surface area contributed by atoms with Crippen LogP contribution in [0, 0.1) is 5.92 Å². The first kappa shape index (κ1) is 27.9. The zero-order valence-electron chi connectivity index (χ0n) is 23.5. The summed E-state index contributed by atoms with van der Waals surface area (Å²) in [5, 5.41) is 10.5. The molecule has 11 heteroatoms. The highest BCUT2D eigenvalue weighted by atomic mass is 35.5. The van der Waals surface area contributed by atoms with Gasteiger partial charge in [-0.2, -0.15) is 5.10 Å². The van der Waals surface area contributed by atoms with Gasteiger partial charge in [-0.15, -0.1) is 0 Å². The lowest BCUT2D eigenvalue weighted by Gasteiger charge is -2.41. The van der Waals surface area contributed by atoms with Crippen LogP contribution >= 0.6 is 11.6 Å². The summed E-state index contributed by atoms with van der Waals surface area (Å²) in [6.45, 7) is 6.23. The Morgan fingerprint density at radius 1 is 1.12 bits per heavy atom. The molecule has 1 atom stereocenters. The van der Waals surface area contributed by atoms with Crippen molar-refractivity contribution in [1.29, 1.82) is 0 Å². The molecular weight excluding hydrogens is 558 g/mol. The van der Waals surface area contributed by atoms with Gasteiger partial charge in [-0.3, -0.25) is 9.48 Å². The Bertz CT molecular complexity index is 1570. The number of rotatable bonds is 8. The van der Waals surface area contributed by atoms with Crippen LogP contribution in [0.15, 0.2) is 42.9 Å². The number of anilines is 3. The van der Waals surface area contributed by atoms with Crippen LogP contribution in [0.25, 0.3) is 22.2 Å². The van der Waals surface area contributed by atoms with Crippen molar-refractivity contribution in [3.05, 3.63) is 53.6 Å². The largest absolute Gasteiger partial charge is 0.617 e. The van der Waals surface area contributed by atoms with Gasteiger partial charge in [-0.1, -0.05) is 42.7 Å². The van der Waals surface area contributed by atoms with Gasteiger partial charge < -0.3 is 14.8 Å². The Kier molecular flexibility index (Phi) is 7.89. The highest BCUT2D eigenvalue weighted by molar-refractivity contribution is 7.90. The minimum atomic E-state index is -0.773. The first-order valence-corrected chi connectivity index (χ1v) is 16.2. The van der Waals surface area contributed by atoms with Crippen LogP contribution in [0.1, 0.15) is 57.1 Å². The molecule has 1 saturated carbocycles. The smallest absolute Gasteiger partial charge is 0.166 e. The molecule has 1 aromatic carbocycles. The monoisotopic (exact) mass is 591 g/mol. The second-order valence-corrected chi connectivity index (χ2v) is 13.3. The van der Waals surface area contributed by atoms with Gasteiger partial charge in [0.05, 0.1) is 17.9 Å². The van der Waals surface area contributed by atoms with E-state index < -0.39 is 11.2 Å². The van der Waals surface area contributed by atoms with Crippen molar-refractivity contribution in [2.45, 2.75) is 51.5 Å². The van der Waals surface area contributed by atoms with E-state index in [1.54, 1.807) is 18.5 Å². The molecule has 0 radical (unpaired) electrons. The quantitative estimate of drug-likeness (QED) is 0.252. The van der Waals surface area contributed by atoms with E-state index in [0.717, 1.165) is 42.5 Å². The van der Waals surface area contributed by atoms with Crippen molar-refractivity contribution in [3.63, 3.8) is 0 Å². The third-order valence-corrected chi connectivity index (χ3v) is 9.25. The molecule has 2 aliphatic rings. The number of nitrogens with zero attached hydrogens (tertiary/aromatic N) is 6. The lowest BCUT2D eigenvalue weighted by molar-refractivity contribution is -0.120. The summed E-state index contributed by atoms with van der Waals surface area (Å²) in [6.07, 6.45) is 9.97. The average molecular weight is 592 g/mol. The van der Waals surface area contributed by atoms with Crippen molar-refractivity contribution in [1.82, 2.24) is 24.7 Å². The maximum atomic E-state index is 11.7. The number of nitrogens with one attached hydrogen (secondary N) is 1. The van der Waals surface area contributed by atoms with E-state index in [9.17, 15) is 9.35 Å². The van der Waals surface area contributed by atoms with Crippen LogP contribution in [0.5, 0.6) is 0 Å². The van der Waals surface area contributed by atoms with E-state index in [0.29, 0.717) is 58.6 Å². The van der Waals surface area contributed by atoms with E-state index in [4.69, 9.17) is 21.6 Å². The standard InChI is InChI=1S/C30H34ClN7O2S/c1-18(2)22-8-9-26(37-14-19(15-37)17-41(3)40)24-13-33-28(12-23(22)24)34-27-10-11-32-30(35-27)25-16-38(36-29(25)31)20-4-6-21(39)7-5-20/h8-13,16,18-20H,4-7,14-15,17H2,1-3H3,(H,32,33,34,35). The molecule has 3 aromatic heterocycles. The molecule has 0 spiro atoms. The topological polar surface area (TPSA) is 112 Å². The normalized spacial score (nSPS) is 17.3. The van der Waals surface area contributed by atoms with Crippen molar-refractivity contribution < 1.29 is 9.35 Å². The summed E-state index contributed by atoms with van der Waals surface area (Å²) < 4.78 is 13.5. The summed E-state index contributed by atoms with van der Waals surface area (Å²) >= 11 is 5.74. The fourth-order valence-electron chi connectivity index (χ4n) is 5.88. The van der Waals surface area contributed by atoms with Crippen molar-refractivity contribution in [2.24, 2.45) is 5.92 Å². The van der Waals surface area contributed by atoms with Gasteiger partial charge in [0.2, 0.25) is 0 Å². The highest BCUT2D eigenvalue weighted by Gasteiger charge is 2.31. The number of carbonyl (C=O) groups excluding carboxylic acids is 1. The Morgan fingerprint density at radius 2 is 1.90 bits per heavy atom. The van der Waals surface area contributed by atoms with Gasteiger partial charge in [-0.25, -0.2) is 15.0 Å². The zero-order valence-corrected chi connectivity index (χ0v) is 25.1. The number of ketones is 1. The molecule has 1 unspecified atom stereocenters. The molecule has 9 nitrogen and oxygen atoms in total. The van der Waals surface area contributed by atoms with E-state index in [-0.39, 0.29) is 6.04 Å². The van der Waals surface area contributed by atoms with E-state index in [1.807, 2.05) is 17.1 Å². The van der Waals surface area contributed by atoms with E-state index >= 15 is 0 Å². The summed E-state index contributed by atoms with van der Waals surface area (Å²) in [6, 6.07) is 8.45. The van der Waals surface area contributed by atoms with Gasteiger partial charge in [0, 0.05) is 61.5 Å². The summed E-state index contributed by atoms with van der Waals surface area (Å²) in [7, 11) is 0. The molecule has 0 bridgehead atoms. The second kappa shape index (κ2) is 11.6. The number of hydrogen-bond donors (Lipinski definition) is 1. The van der Waals surface area contributed by atoms with E-state index in [2.05, 4.69) is 52.3 Å². The minimum Gasteiger partial charge on any atom is -0.617 e. The molecule has 4 aromatic rings. The zero-order chi connectivity index (χ0) is 28.7. The SMILES string of the molecule is CC(C)c1ccc(N2CC(C[S+](C)[O-])C2)c2cnc(Nc3ccnc(-c4cn(C5CCC(=O)CC5)nc4Cl)n3)cc12. The number of Topliss-reactive ketones (excluding diaryl/α,β-unsaturated/α-hetero) is 1. The molecule has 41 heavy (non-hydrogen) atoms. The number of pyridine rings is 1. The third kappa shape index (κ3) is 5.91. The minimum absolute atomic E-state index is 0.153. The molecule has 1 aliphatic heterocycles. The van der Waals surface area contributed by atoms with Crippen LogP contribution in [0.4, 0.5) is 17.3 Å². The second-order valence-electron chi connectivity index (χ2n) is 11.4. The number of fused-ring (bicyclic) bond motifs is 1. The van der Waals surface area contributed by atoms with Gasteiger partial charge >= 0.3 is 0 Å². The number of benzene rings is 1. The molecule has 1 saturated heterocycles.